The standard InChI is InChI=1S/C13H14N4O4/c1-8-4-2-3-5-9(8)17(7-6-10(18)19)13(20)11-12(14)16-21-15-11/h2-5H,6-7H2,1H3,(H2,14,16)(H,18,19). The smallest absolute Gasteiger partial charge is 0.305 e. The van der Waals surface area contributed by atoms with E-state index in [-0.39, 0.29) is 24.5 Å². The van der Waals surface area contributed by atoms with Gasteiger partial charge in [-0.1, -0.05) is 18.2 Å². The summed E-state index contributed by atoms with van der Waals surface area (Å²) < 4.78 is 4.42. The predicted molar refractivity (Wildman–Crippen MR) is 73.8 cm³/mol. The Kier molecular flexibility index (Phi) is 4.17. The molecule has 1 aromatic carbocycles. The molecule has 110 valence electrons. The van der Waals surface area contributed by atoms with Crippen molar-refractivity contribution in [1.82, 2.24) is 10.3 Å². The molecule has 1 heterocycles. The summed E-state index contributed by atoms with van der Waals surface area (Å²) in [4.78, 5) is 24.6. The van der Waals surface area contributed by atoms with Gasteiger partial charge in [0.2, 0.25) is 11.5 Å². The molecular weight excluding hydrogens is 276 g/mol. The lowest BCUT2D eigenvalue weighted by Crippen LogP contribution is -2.34. The van der Waals surface area contributed by atoms with E-state index in [0.717, 1.165) is 5.56 Å². The third kappa shape index (κ3) is 3.16. The number of nitrogen functional groups attached to an aromatic ring is 1. The number of carboxylic acid groups (broad SMARTS) is 1. The number of aliphatic carboxylic acids is 1. The summed E-state index contributed by atoms with van der Waals surface area (Å²) in [6.07, 6.45) is -0.203. The number of carbonyl (C=O) groups is 2. The van der Waals surface area contributed by atoms with Crippen LogP contribution in [0.5, 0.6) is 0 Å². The van der Waals surface area contributed by atoms with Gasteiger partial charge in [-0.25, -0.2) is 4.63 Å². The number of nitrogens with zero attached hydrogens (tertiary/aromatic N) is 3. The van der Waals surface area contributed by atoms with Gasteiger partial charge in [-0.05, 0) is 28.9 Å². The molecule has 2 aromatic rings. The molecule has 0 radical (unpaired) electrons. The average Bonchev–Trinajstić information content (AvgIpc) is 2.86. The zero-order valence-electron chi connectivity index (χ0n) is 11.3. The fourth-order valence-corrected chi connectivity index (χ4v) is 1.88. The molecule has 2 rings (SSSR count). The van der Waals surface area contributed by atoms with Gasteiger partial charge < -0.3 is 15.7 Å². The molecule has 0 spiro atoms. The molecule has 0 bridgehead atoms. The number of benzene rings is 1. The summed E-state index contributed by atoms with van der Waals surface area (Å²) in [6.45, 7) is 1.81. The molecule has 21 heavy (non-hydrogen) atoms. The third-order valence-electron chi connectivity index (χ3n) is 2.92. The highest BCUT2D eigenvalue weighted by Crippen LogP contribution is 2.22. The minimum absolute atomic E-state index is 0.00861. The lowest BCUT2D eigenvalue weighted by Gasteiger charge is -2.22. The fourth-order valence-electron chi connectivity index (χ4n) is 1.88. The largest absolute Gasteiger partial charge is 0.481 e. The van der Waals surface area contributed by atoms with Crippen LogP contribution in [0.3, 0.4) is 0 Å². The quantitative estimate of drug-likeness (QED) is 0.844. The summed E-state index contributed by atoms with van der Waals surface area (Å²) in [7, 11) is 0. The SMILES string of the molecule is Cc1ccccc1N(CCC(=O)O)C(=O)c1nonc1N. The van der Waals surface area contributed by atoms with Crippen LogP contribution in [-0.4, -0.2) is 33.8 Å². The summed E-state index contributed by atoms with van der Waals surface area (Å²) in [5.41, 5.74) is 6.80. The van der Waals surface area contributed by atoms with Crippen LogP contribution < -0.4 is 10.6 Å². The van der Waals surface area contributed by atoms with Crippen molar-refractivity contribution in [2.75, 3.05) is 17.2 Å². The molecule has 0 unspecified atom stereocenters. The Morgan fingerprint density at radius 1 is 1.33 bits per heavy atom. The first kappa shape index (κ1) is 14.5. The Labute approximate surface area is 120 Å². The Morgan fingerprint density at radius 3 is 2.62 bits per heavy atom. The molecule has 0 fully saturated rings. The van der Waals surface area contributed by atoms with E-state index in [1.165, 1.54) is 4.90 Å². The number of aryl methyl sites for hydroxylation is 1. The Bertz CT molecular complexity index is 668. The van der Waals surface area contributed by atoms with Gasteiger partial charge in [0.1, 0.15) is 0 Å². The zero-order valence-corrected chi connectivity index (χ0v) is 11.3. The van der Waals surface area contributed by atoms with E-state index in [2.05, 4.69) is 14.9 Å². The molecule has 1 aromatic heterocycles. The van der Waals surface area contributed by atoms with Crippen LogP contribution in [-0.2, 0) is 4.79 Å². The number of rotatable bonds is 5. The van der Waals surface area contributed by atoms with Crippen LogP contribution in [0.2, 0.25) is 0 Å². The second-order valence-electron chi connectivity index (χ2n) is 4.39. The minimum atomic E-state index is -1.01. The van der Waals surface area contributed by atoms with Crippen molar-refractivity contribution in [2.45, 2.75) is 13.3 Å². The molecule has 8 heteroatoms. The lowest BCUT2D eigenvalue weighted by atomic mass is 10.1. The Morgan fingerprint density at radius 2 is 2.05 bits per heavy atom. The highest BCUT2D eigenvalue weighted by Gasteiger charge is 2.25. The van der Waals surface area contributed by atoms with Gasteiger partial charge in [0, 0.05) is 12.2 Å². The van der Waals surface area contributed by atoms with Gasteiger partial charge in [-0.3, -0.25) is 9.59 Å². The number of hydrogen-bond donors (Lipinski definition) is 2. The van der Waals surface area contributed by atoms with Crippen LogP contribution in [0.25, 0.3) is 0 Å². The molecule has 1 amide bonds. The van der Waals surface area contributed by atoms with E-state index < -0.39 is 11.9 Å². The van der Waals surface area contributed by atoms with Crippen LogP contribution >= 0.6 is 0 Å². The van der Waals surface area contributed by atoms with E-state index in [0.29, 0.717) is 5.69 Å². The first-order valence-corrected chi connectivity index (χ1v) is 6.18. The monoisotopic (exact) mass is 290 g/mol. The van der Waals surface area contributed by atoms with Gasteiger partial charge in [0.05, 0.1) is 6.42 Å². The molecule has 0 atom stereocenters. The lowest BCUT2D eigenvalue weighted by molar-refractivity contribution is -0.136. The second-order valence-corrected chi connectivity index (χ2v) is 4.39. The zero-order chi connectivity index (χ0) is 15.4. The maximum absolute atomic E-state index is 12.5. The van der Waals surface area contributed by atoms with Crippen LogP contribution in [0.4, 0.5) is 11.5 Å². The number of anilines is 2. The van der Waals surface area contributed by atoms with E-state index in [9.17, 15) is 9.59 Å². The van der Waals surface area contributed by atoms with Crippen molar-refractivity contribution in [3.8, 4) is 0 Å². The van der Waals surface area contributed by atoms with Crippen LogP contribution in [0.1, 0.15) is 22.5 Å². The number of aromatic nitrogens is 2. The molecule has 0 saturated carbocycles. The van der Waals surface area contributed by atoms with Crippen molar-refractivity contribution in [3.63, 3.8) is 0 Å². The van der Waals surface area contributed by atoms with Gasteiger partial charge in [0.25, 0.3) is 5.91 Å². The van der Waals surface area contributed by atoms with E-state index >= 15 is 0 Å². The normalized spacial score (nSPS) is 10.3. The maximum atomic E-state index is 12.5. The topological polar surface area (TPSA) is 123 Å². The van der Waals surface area contributed by atoms with Crippen LogP contribution in [0, 0.1) is 6.92 Å². The van der Waals surface area contributed by atoms with Gasteiger partial charge in [-0.15, -0.1) is 0 Å². The molecule has 0 aliphatic rings. The number of carbonyl (C=O) groups excluding carboxylic acids is 1. The second kappa shape index (κ2) is 6.04. The van der Waals surface area contributed by atoms with Crippen molar-refractivity contribution >= 4 is 23.4 Å². The highest BCUT2D eigenvalue weighted by atomic mass is 16.6. The molecule has 0 aliphatic heterocycles. The van der Waals surface area contributed by atoms with Crippen molar-refractivity contribution in [1.29, 1.82) is 0 Å². The Hall–Kier alpha value is -2.90. The number of hydrogen-bond acceptors (Lipinski definition) is 6. The number of amides is 1. The Balaban J connectivity index is 2.37. The van der Waals surface area contributed by atoms with Crippen LogP contribution in [0.15, 0.2) is 28.9 Å². The highest BCUT2D eigenvalue weighted by molar-refractivity contribution is 6.07. The maximum Gasteiger partial charge on any atom is 0.305 e. The number of carboxylic acids is 1. The van der Waals surface area contributed by atoms with Crippen molar-refractivity contribution in [2.24, 2.45) is 0 Å². The third-order valence-corrected chi connectivity index (χ3v) is 2.92. The van der Waals surface area contributed by atoms with E-state index in [1.807, 2.05) is 19.1 Å². The number of nitrogens with two attached hydrogens (primary N) is 1. The summed E-state index contributed by atoms with van der Waals surface area (Å²) >= 11 is 0. The predicted octanol–water partition coefficient (Wildman–Crippen LogP) is 1.08. The number of para-hydroxylation sites is 1. The van der Waals surface area contributed by atoms with Gasteiger partial charge >= 0.3 is 5.97 Å². The molecule has 0 aliphatic carbocycles. The summed E-state index contributed by atoms with van der Waals surface area (Å²) in [5.74, 6) is -1.69. The molecule has 0 saturated heterocycles. The van der Waals surface area contributed by atoms with Gasteiger partial charge in [-0.2, -0.15) is 0 Å². The molecule has 8 nitrogen and oxygen atoms in total. The summed E-state index contributed by atoms with van der Waals surface area (Å²) in [6, 6.07) is 7.12. The first-order chi connectivity index (χ1) is 10.0. The van der Waals surface area contributed by atoms with E-state index in [4.69, 9.17) is 10.8 Å². The van der Waals surface area contributed by atoms with Crippen molar-refractivity contribution in [3.05, 3.63) is 35.5 Å². The first-order valence-electron chi connectivity index (χ1n) is 6.18. The fraction of sp³-hybridized carbons (Fsp3) is 0.231. The molecular formula is C13H14N4O4. The van der Waals surface area contributed by atoms with Gasteiger partial charge in [0.15, 0.2) is 0 Å². The van der Waals surface area contributed by atoms with E-state index in [1.54, 1.807) is 12.1 Å². The molecule has 3 N–H and O–H groups in total. The summed E-state index contributed by atoms with van der Waals surface area (Å²) in [5, 5.41) is 15.7. The minimum Gasteiger partial charge on any atom is -0.481 e. The average molecular weight is 290 g/mol. The van der Waals surface area contributed by atoms with Crippen molar-refractivity contribution < 1.29 is 19.3 Å².